The second-order valence-electron chi connectivity index (χ2n) is 3.84. The molecule has 3 nitrogen and oxygen atoms in total. The smallest absolute Gasteiger partial charge is 0.334 e. The van der Waals surface area contributed by atoms with E-state index >= 15 is 0 Å². The van der Waals surface area contributed by atoms with Gasteiger partial charge in [0.15, 0.2) is 6.23 Å². The largest absolute Gasteiger partial charge is 0.444 e. The quantitative estimate of drug-likeness (QED) is 0.291. The predicted molar refractivity (Wildman–Crippen MR) is 62.5 cm³/mol. The van der Waals surface area contributed by atoms with Gasteiger partial charge in [-0.2, -0.15) is 0 Å². The van der Waals surface area contributed by atoms with Crippen LogP contribution in [0.2, 0.25) is 0 Å². The van der Waals surface area contributed by atoms with Crippen molar-refractivity contribution in [1.82, 2.24) is 5.32 Å². The first-order valence-electron chi connectivity index (χ1n) is 5.67. The fourth-order valence-electron chi connectivity index (χ4n) is 1.16. The van der Waals surface area contributed by atoms with Crippen LogP contribution in [-0.4, -0.2) is 18.7 Å². The number of carbonyl (C=O) groups excluding carboxylic acids is 1. The maximum absolute atomic E-state index is 11.1. The van der Waals surface area contributed by atoms with Gasteiger partial charge in [-0.15, -0.1) is 0 Å². The van der Waals surface area contributed by atoms with Crippen molar-refractivity contribution in [3.63, 3.8) is 0 Å². The Kier molecular flexibility index (Phi) is 8.01. The van der Waals surface area contributed by atoms with Crippen LogP contribution in [0.4, 0.5) is 0 Å². The van der Waals surface area contributed by atoms with Crippen molar-refractivity contribution in [2.75, 3.05) is 6.54 Å². The van der Waals surface area contributed by atoms with Crippen LogP contribution in [0.1, 0.15) is 46.5 Å². The summed E-state index contributed by atoms with van der Waals surface area (Å²) in [5.74, 6) is -0.330. The molecule has 0 radical (unpaired) electrons. The normalized spacial score (nSPS) is 12.2. The number of nitrogens with one attached hydrogen (secondary N) is 1. The number of ether oxygens (including phenoxy) is 1. The van der Waals surface area contributed by atoms with Gasteiger partial charge in [-0.3, -0.25) is 5.32 Å². The van der Waals surface area contributed by atoms with Crippen molar-refractivity contribution in [3.05, 3.63) is 12.2 Å². The van der Waals surface area contributed by atoms with E-state index in [2.05, 4.69) is 18.8 Å². The highest BCUT2D eigenvalue weighted by Gasteiger charge is 2.08. The summed E-state index contributed by atoms with van der Waals surface area (Å²) in [6.45, 7) is 10.1. The third-order valence-corrected chi connectivity index (χ3v) is 2.09. The molecule has 0 aromatic carbocycles. The minimum atomic E-state index is -0.330. The third-order valence-electron chi connectivity index (χ3n) is 2.09. The SMILES string of the molecule is C=C(C)C(=O)OC(C)NCCCCCC. The lowest BCUT2D eigenvalue weighted by Crippen LogP contribution is -2.31. The molecule has 88 valence electrons. The molecule has 0 saturated heterocycles. The maximum atomic E-state index is 11.1. The first kappa shape index (κ1) is 14.2. The molecule has 0 saturated carbocycles. The van der Waals surface area contributed by atoms with Crippen LogP contribution in [-0.2, 0) is 9.53 Å². The van der Waals surface area contributed by atoms with E-state index in [1.54, 1.807) is 6.92 Å². The molecule has 0 amide bonds. The standard InChI is InChI=1S/C12H23NO2/c1-5-6-7-8-9-13-11(4)15-12(14)10(2)3/h11,13H,2,5-9H2,1,3-4H3. The molecule has 1 atom stereocenters. The van der Waals surface area contributed by atoms with E-state index in [0.29, 0.717) is 5.57 Å². The summed E-state index contributed by atoms with van der Waals surface area (Å²) < 4.78 is 5.07. The second kappa shape index (κ2) is 8.48. The van der Waals surface area contributed by atoms with Gasteiger partial charge < -0.3 is 4.74 Å². The predicted octanol–water partition coefficient (Wildman–Crippen LogP) is 2.62. The molecule has 0 bridgehead atoms. The fraction of sp³-hybridized carbons (Fsp3) is 0.750. The zero-order valence-electron chi connectivity index (χ0n) is 10.1. The van der Waals surface area contributed by atoms with Gasteiger partial charge in [-0.1, -0.05) is 32.8 Å². The summed E-state index contributed by atoms with van der Waals surface area (Å²) in [7, 11) is 0. The fourth-order valence-corrected chi connectivity index (χ4v) is 1.16. The van der Waals surface area contributed by atoms with Crippen molar-refractivity contribution in [2.45, 2.75) is 52.7 Å². The molecule has 0 aromatic rings. The molecule has 0 aromatic heterocycles. The maximum Gasteiger partial charge on any atom is 0.334 e. The minimum Gasteiger partial charge on any atom is -0.444 e. The highest BCUT2D eigenvalue weighted by Crippen LogP contribution is 1.99. The van der Waals surface area contributed by atoms with Gasteiger partial charge in [0, 0.05) is 5.57 Å². The molecule has 1 unspecified atom stereocenters. The van der Waals surface area contributed by atoms with Crippen LogP contribution >= 0.6 is 0 Å². The van der Waals surface area contributed by atoms with Gasteiger partial charge in [-0.25, -0.2) is 4.79 Å². The molecular formula is C12H23NO2. The zero-order valence-corrected chi connectivity index (χ0v) is 10.1. The van der Waals surface area contributed by atoms with E-state index in [1.165, 1.54) is 19.3 Å². The molecule has 3 heteroatoms. The van der Waals surface area contributed by atoms with Gasteiger partial charge in [0.2, 0.25) is 0 Å². The molecule has 0 rings (SSSR count). The number of hydrogen-bond donors (Lipinski definition) is 1. The summed E-state index contributed by atoms with van der Waals surface area (Å²) in [6, 6.07) is 0. The Balaban J connectivity index is 3.45. The van der Waals surface area contributed by atoms with Gasteiger partial charge in [0.1, 0.15) is 0 Å². The Bertz CT molecular complexity index is 202. The van der Waals surface area contributed by atoms with E-state index in [0.717, 1.165) is 13.0 Å². The molecular weight excluding hydrogens is 190 g/mol. The highest BCUT2D eigenvalue weighted by atomic mass is 16.6. The Morgan fingerprint density at radius 3 is 2.60 bits per heavy atom. The lowest BCUT2D eigenvalue weighted by molar-refractivity contribution is -0.144. The average Bonchev–Trinajstić information content (AvgIpc) is 2.17. The van der Waals surface area contributed by atoms with Gasteiger partial charge >= 0.3 is 5.97 Å². The van der Waals surface area contributed by atoms with Crippen LogP contribution in [0, 0.1) is 0 Å². The Hall–Kier alpha value is -0.830. The van der Waals surface area contributed by atoms with E-state index in [4.69, 9.17) is 4.74 Å². The van der Waals surface area contributed by atoms with Gasteiger partial charge in [0.25, 0.3) is 0 Å². The Morgan fingerprint density at radius 1 is 1.40 bits per heavy atom. The second-order valence-corrected chi connectivity index (χ2v) is 3.84. The molecule has 0 aliphatic carbocycles. The Morgan fingerprint density at radius 2 is 2.07 bits per heavy atom. The molecule has 0 heterocycles. The Labute approximate surface area is 92.9 Å². The van der Waals surface area contributed by atoms with Crippen molar-refractivity contribution in [3.8, 4) is 0 Å². The number of esters is 1. The van der Waals surface area contributed by atoms with Crippen LogP contribution in [0.15, 0.2) is 12.2 Å². The zero-order chi connectivity index (χ0) is 11.7. The number of carbonyl (C=O) groups is 1. The molecule has 15 heavy (non-hydrogen) atoms. The van der Waals surface area contributed by atoms with E-state index in [-0.39, 0.29) is 12.2 Å². The van der Waals surface area contributed by atoms with Crippen LogP contribution in [0.3, 0.4) is 0 Å². The summed E-state index contributed by atoms with van der Waals surface area (Å²) >= 11 is 0. The molecule has 0 spiro atoms. The summed E-state index contributed by atoms with van der Waals surface area (Å²) in [5.41, 5.74) is 0.439. The molecule has 1 N–H and O–H groups in total. The summed E-state index contributed by atoms with van der Waals surface area (Å²) in [5, 5.41) is 3.14. The van der Waals surface area contributed by atoms with E-state index < -0.39 is 0 Å². The van der Waals surface area contributed by atoms with E-state index in [1.807, 2.05) is 6.92 Å². The highest BCUT2D eigenvalue weighted by molar-refractivity contribution is 5.87. The van der Waals surface area contributed by atoms with Crippen molar-refractivity contribution < 1.29 is 9.53 Å². The first-order chi connectivity index (χ1) is 7.07. The average molecular weight is 213 g/mol. The van der Waals surface area contributed by atoms with Crippen molar-refractivity contribution >= 4 is 5.97 Å². The summed E-state index contributed by atoms with van der Waals surface area (Å²) in [4.78, 5) is 11.1. The lowest BCUT2D eigenvalue weighted by atomic mass is 10.2. The molecule has 0 fully saturated rings. The molecule has 0 aliphatic rings. The van der Waals surface area contributed by atoms with Crippen LogP contribution in [0.25, 0.3) is 0 Å². The van der Waals surface area contributed by atoms with Gasteiger partial charge in [-0.05, 0) is 26.8 Å². The number of rotatable bonds is 8. The van der Waals surface area contributed by atoms with Crippen molar-refractivity contribution in [1.29, 1.82) is 0 Å². The van der Waals surface area contributed by atoms with E-state index in [9.17, 15) is 4.79 Å². The summed E-state index contributed by atoms with van der Waals surface area (Å²) in [6.07, 6.45) is 4.63. The third kappa shape index (κ3) is 8.18. The first-order valence-corrected chi connectivity index (χ1v) is 5.67. The number of hydrogen-bond acceptors (Lipinski definition) is 3. The number of unbranched alkanes of at least 4 members (excludes halogenated alkanes) is 3. The van der Waals surface area contributed by atoms with Gasteiger partial charge in [0.05, 0.1) is 0 Å². The minimum absolute atomic E-state index is 0.226. The lowest BCUT2D eigenvalue weighted by Gasteiger charge is -2.14. The molecule has 0 aliphatic heterocycles. The topological polar surface area (TPSA) is 38.3 Å². The van der Waals surface area contributed by atoms with Crippen LogP contribution in [0.5, 0.6) is 0 Å². The van der Waals surface area contributed by atoms with Crippen molar-refractivity contribution in [2.24, 2.45) is 0 Å². The monoisotopic (exact) mass is 213 g/mol. The van der Waals surface area contributed by atoms with Crippen LogP contribution < -0.4 is 5.32 Å².